The summed E-state index contributed by atoms with van der Waals surface area (Å²) in [5.41, 5.74) is 0.932. The average Bonchev–Trinajstić information content (AvgIpc) is 2.29. The predicted octanol–water partition coefficient (Wildman–Crippen LogP) is 3.62. The molecule has 0 saturated heterocycles. The summed E-state index contributed by atoms with van der Waals surface area (Å²) in [5.74, 6) is 0.103. The summed E-state index contributed by atoms with van der Waals surface area (Å²) < 4.78 is 0. The van der Waals surface area contributed by atoms with Gasteiger partial charge in [-0.05, 0) is 37.3 Å². The lowest BCUT2D eigenvalue weighted by molar-refractivity contribution is 0.0215. The smallest absolute Gasteiger partial charge is 0.0802 e. The van der Waals surface area contributed by atoms with Gasteiger partial charge in [0.1, 0.15) is 0 Å². The molecule has 0 fully saturated rings. The first kappa shape index (κ1) is 14.8. The van der Waals surface area contributed by atoms with Crippen molar-refractivity contribution in [2.24, 2.45) is 0 Å². The van der Waals surface area contributed by atoms with Crippen LogP contribution in [-0.2, 0) is 0 Å². The lowest BCUT2D eigenvalue weighted by Crippen LogP contribution is -2.24. The van der Waals surface area contributed by atoms with Gasteiger partial charge in [0.25, 0.3) is 0 Å². The fourth-order valence-corrected chi connectivity index (χ4v) is 2.30. The number of aliphatic hydroxyl groups excluding tert-OH is 2. The molecule has 2 N–H and O–H groups in total. The van der Waals surface area contributed by atoms with E-state index in [1.165, 1.54) is 0 Å². The zero-order chi connectivity index (χ0) is 13.0. The molecule has 3 unspecified atom stereocenters. The van der Waals surface area contributed by atoms with Gasteiger partial charge in [-0.2, -0.15) is 0 Å². The van der Waals surface area contributed by atoms with Crippen LogP contribution in [0.4, 0.5) is 0 Å². The number of benzene rings is 1. The van der Waals surface area contributed by atoms with Crippen LogP contribution in [0.2, 0.25) is 10.0 Å². The fraction of sp³-hybridized carbons (Fsp3) is 0.538. The maximum atomic E-state index is 9.72. The Balaban J connectivity index is 2.90. The Hall–Kier alpha value is -0.280. The number of hydrogen-bond acceptors (Lipinski definition) is 2. The Labute approximate surface area is 112 Å². The van der Waals surface area contributed by atoms with Crippen LogP contribution >= 0.6 is 23.2 Å². The van der Waals surface area contributed by atoms with E-state index >= 15 is 0 Å². The summed E-state index contributed by atoms with van der Waals surface area (Å²) in [6.07, 6.45) is -0.157. The molecule has 0 aliphatic carbocycles. The van der Waals surface area contributed by atoms with Crippen LogP contribution in [0.1, 0.15) is 38.2 Å². The van der Waals surface area contributed by atoms with Gasteiger partial charge < -0.3 is 10.2 Å². The Morgan fingerprint density at radius 1 is 1.24 bits per heavy atom. The number of halogens is 2. The van der Waals surface area contributed by atoms with Gasteiger partial charge in [-0.25, -0.2) is 0 Å². The molecule has 0 heterocycles. The SMILES string of the molecule is CCC(CC(O)C(C)O)c1cccc(Cl)c1Cl. The van der Waals surface area contributed by atoms with E-state index in [9.17, 15) is 10.2 Å². The van der Waals surface area contributed by atoms with E-state index in [2.05, 4.69) is 0 Å². The molecule has 0 spiro atoms. The standard InChI is InChI=1S/C13H18Cl2O2/c1-3-9(7-12(17)8(2)16)10-5-4-6-11(14)13(10)15/h4-6,8-9,12,16-17H,3,7H2,1-2H3. The van der Waals surface area contributed by atoms with Gasteiger partial charge in [-0.1, -0.05) is 42.3 Å². The van der Waals surface area contributed by atoms with E-state index in [-0.39, 0.29) is 5.92 Å². The molecule has 2 nitrogen and oxygen atoms in total. The zero-order valence-corrected chi connectivity index (χ0v) is 11.5. The molecule has 0 amide bonds. The highest BCUT2D eigenvalue weighted by Gasteiger charge is 2.20. The summed E-state index contributed by atoms with van der Waals surface area (Å²) in [7, 11) is 0. The van der Waals surface area contributed by atoms with Crippen molar-refractivity contribution >= 4 is 23.2 Å². The third-order valence-corrected chi connectivity index (χ3v) is 3.83. The maximum Gasteiger partial charge on any atom is 0.0802 e. The molecule has 1 rings (SSSR count). The van der Waals surface area contributed by atoms with Crippen LogP contribution in [0.3, 0.4) is 0 Å². The Kier molecular flexibility index (Phi) is 5.74. The molecule has 17 heavy (non-hydrogen) atoms. The van der Waals surface area contributed by atoms with Crippen molar-refractivity contribution in [1.82, 2.24) is 0 Å². The molecule has 0 aliphatic rings. The van der Waals surface area contributed by atoms with Crippen LogP contribution in [0.5, 0.6) is 0 Å². The third kappa shape index (κ3) is 3.85. The van der Waals surface area contributed by atoms with Crippen molar-refractivity contribution in [3.63, 3.8) is 0 Å². The molecule has 0 radical (unpaired) electrons. The molecular weight excluding hydrogens is 259 g/mol. The van der Waals surface area contributed by atoms with Crippen molar-refractivity contribution in [2.75, 3.05) is 0 Å². The summed E-state index contributed by atoms with van der Waals surface area (Å²) in [4.78, 5) is 0. The second-order valence-electron chi connectivity index (χ2n) is 4.29. The minimum atomic E-state index is -0.741. The molecular formula is C13H18Cl2O2. The number of rotatable bonds is 5. The van der Waals surface area contributed by atoms with Gasteiger partial charge in [-0.3, -0.25) is 0 Å². The Morgan fingerprint density at radius 2 is 1.88 bits per heavy atom. The lowest BCUT2D eigenvalue weighted by atomic mass is 9.89. The van der Waals surface area contributed by atoms with Crippen molar-refractivity contribution in [3.8, 4) is 0 Å². The first-order valence-corrected chi connectivity index (χ1v) is 6.53. The molecule has 96 valence electrons. The van der Waals surface area contributed by atoms with Gasteiger partial charge in [0.2, 0.25) is 0 Å². The summed E-state index contributed by atoms with van der Waals surface area (Å²) >= 11 is 12.1. The first-order chi connectivity index (χ1) is 7.97. The predicted molar refractivity (Wildman–Crippen MR) is 71.8 cm³/mol. The van der Waals surface area contributed by atoms with E-state index in [4.69, 9.17) is 23.2 Å². The highest BCUT2D eigenvalue weighted by Crippen LogP contribution is 2.35. The quantitative estimate of drug-likeness (QED) is 0.863. The second kappa shape index (κ2) is 6.60. The number of aliphatic hydroxyl groups is 2. The molecule has 0 aliphatic heterocycles. The van der Waals surface area contributed by atoms with E-state index < -0.39 is 12.2 Å². The van der Waals surface area contributed by atoms with Crippen LogP contribution in [0, 0.1) is 0 Å². The summed E-state index contributed by atoms with van der Waals surface area (Å²) in [6, 6.07) is 5.50. The minimum absolute atomic E-state index is 0.103. The first-order valence-electron chi connectivity index (χ1n) is 5.77. The van der Waals surface area contributed by atoms with E-state index in [0.29, 0.717) is 16.5 Å². The van der Waals surface area contributed by atoms with Gasteiger partial charge in [0.05, 0.1) is 22.3 Å². The molecule has 1 aromatic carbocycles. The van der Waals surface area contributed by atoms with Gasteiger partial charge >= 0.3 is 0 Å². The highest BCUT2D eigenvalue weighted by molar-refractivity contribution is 6.42. The molecule has 0 bridgehead atoms. The van der Waals surface area contributed by atoms with E-state index in [1.54, 1.807) is 13.0 Å². The zero-order valence-electron chi connectivity index (χ0n) is 10.0. The largest absolute Gasteiger partial charge is 0.391 e. The fourth-order valence-electron chi connectivity index (χ4n) is 1.84. The monoisotopic (exact) mass is 276 g/mol. The maximum absolute atomic E-state index is 9.72. The van der Waals surface area contributed by atoms with Crippen LogP contribution in [0.15, 0.2) is 18.2 Å². The van der Waals surface area contributed by atoms with Crippen molar-refractivity contribution in [3.05, 3.63) is 33.8 Å². The molecule has 0 saturated carbocycles. The lowest BCUT2D eigenvalue weighted by Gasteiger charge is -2.22. The Morgan fingerprint density at radius 3 is 2.41 bits per heavy atom. The normalized spacial score (nSPS) is 16.6. The van der Waals surface area contributed by atoms with Gasteiger partial charge in [-0.15, -0.1) is 0 Å². The van der Waals surface area contributed by atoms with Crippen molar-refractivity contribution < 1.29 is 10.2 Å². The van der Waals surface area contributed by atoms with Crippen LogP contribution in [-0.4, -0.2) is 22.4 Å². The van der Waals surface area contributed by atoms with Gasteiger partial charge in [0, 0.05) is 0 Å². The van der Waals surface area contributed by atoms with E-state index in [1.807, 2.05) is 19.1 Å². The van der Waals surface area contributed by atoms with E-state index in [0.717, 1.165) is 12.0 Å². The minimum Gasteiger partial charge on any atom is -0.391 e. The molecule has 4 heteroatoms. The number of hydrogen-bond donors (Lipinski definition) is 2. The van der Waals surface area contributed by atoms with Crippen molar-refractivity contribution in [1.29, 1.82) is 0 Å². The van der Waals surface area contributed by atoms with Crippen molar-refractivity contribution in [2.45, 2.75) is 44.8 Å². The second-order valence-corrected chi connectivity index (χ2v) is 5.08. The van der Waals surface area contributed by atoms with Crippen LogP contribution in [0.25, 0.3) is 0 Å². The van der Waals surface area contributed by atoms with Crippen LogP contribution < -0.4 is 0 Å². The summed E-state index contributed by atoms with van der Waals surface area (Å²) in [5, 5.41) is 20.1. The molecule has 0 aromatic heterocycles. The summed E-state index contributed by atoms with van der Waals surface area (Å²) in [6.45, 7) is 3.60. The van der Waals surface area contributed by atoms with Gasteiger partial charge in [0.15, 0.2) is 0 Å². The molecule has 1 aromatic rings. The average molecular weight is 277 g/mol. The third-order valence-electron chi connectivity index (χ3n) is 3.00. The highest BCUT2D eigenvalue weighted by atomic mass is 35.5. The Bertz CT molecular complexity index is 366. The topological polar surface area (TPSA) is 40.5 Å². The molecule has 3 atom stereocenters.